The van der Waals surface area contributed by atoms with Crippen molar-refractivity contribution in [1.82, 2.24) is 15.4 Å². The summed E-state index contributed by atoms with van der Waals surface area (Å²) in [4.78, 5) is 27.4. The van der Waals surface area contributed by atoms with Crippen molar-refractivity contribution < 1.29 is 18.5 Å². The molecule has 2 aromatic rings. The zero-order chi connectivity index (χ0) is 19.8. The molecule has 3 heterocycles. The maximum atomic E-state index is 13.0. The van der Waals surface area contributed by atoms with Crippen LogP contribution in [0.4, 0.5) is 4.39 Å². The van der Waals surface area contributed by atoms with E-state index < -0.39 is 0 Å². The van der Waals surface area contributed by atoms with Gasteiger partial charge in [-0.2, -0.15) is 0 Å². The van der Waals surface area contributed by atoms with Crippen LogP contribution in [0.5, 0.6) is 0 Å². The first-order valence-electron chi connectivity index (χ1n) is 9.71. The van der Waals surface area contributed by atoms with Crippen LogP contribution in [0.2, 0.25) is 0 Å². The fraction of sp³-hybridized carbons (Fsp3) is 0.476. The van der Waals surface area contributed by atoms with Crippen molar-refractivity contribution in [2.24, 2.45) is 0 Å². The summed E-state index contributed by atoms with van der Waals surface area (Å²) in [7, 11) is 0. The second kappa shape index (κ2) is 7.37. The van der Waals surface area contributed by atoms with Gasteiger partial charge in [0.25, 0.3) is 5.91 Å². The molecule has 0 radical (unpaired) electrons. The van der Waals surface area contributed by atoms with Crippen LogP contribution in [0.3, 0.4) is 0 Å². The number of fused-ring (bicyclic) bond motifs is 2. The summed E-state index contributed by atoms with van der Waals surface area (Å²) in [5, 5.41) is 6.98. The van der Waals surface area contributed by atoms with E-state index in [4.69, 9.17) is 4.52 Å². The predicted octanol–water partition coefficient (Wildman–Crippen LogP) is 2.93. The Morgan fingerprint density at radius 2 is 1.82 bits per heavy atom. The summed E-state index contributed by atoms with van der Waals surface area (Å²) < 4.78 is 18.2. The van der Waals surface area contributed by atoms with Gasteiger partial charge in [-0.05, 0) is 63.8 Å². The lowest BCUT2D eigenvalue weighted by Gasteiger charge is -2.39. The Kier molecular flexibility index (Phi) is 4.91. The van der Waals surface area contributed by atoms with E-state index in [-0.39, 0.29) is 35.8 Å². The van der Waals surface area contributed by atoms with Crippen LogP contribution in [0.25, 0.3) is 0 Å². The van der Waals surface area contributed by atoms with Gasteiger partial charge in [0.05, 0.1) is 12.1 Å². The number of rotatable bonds is 4. The van der Waals surface area contributed by atoms with Gasteiger partial charge >= 0.3 is 0 Å². The van der Waals surface area contributed by atoms with E-state index in [1.165, 1.54) is 24.3 Å². The molecule has 2 aliphatic heterocycles. The topological polar surface area (TPSA) is 75.4 Å². The van der Waals surface area contributed by atoms with Crippen LogP contribution < -0.4 is 5.32 Å². The summed E-state index contributed by atoms with van der Waals surface area (Å²) in [6.07, 6.45) is 3.72. The van der Waals surface area contributed by atoms with Crippen molar-refractivity contribution in [2.75, 3.05) is 0 Å². The third-order valence-corrected chi connectivity index (χ3v) is 5.97. The average Bonchev–Trinajstić information content (AvgIpc) is 3.12. The highest BCUT2D eigenvalue weighted by atomic mass is 19.1. The van der Waals surface area contributed by atoms with Crippen LogP contribution in [0.1, 0.15) is 53.1 Å². The van der Waals surface area contributed by atoms with Crippen LogP contribution in [-0.2, 0) is 11.2 Å². The molecule has 2 saturated heterocycles. The fourth-order valence-electron chi connectivity index (χ4n) is 4.57. The number of amides is 2. The Morgan fingerprint density at radius 1 is 1.18 bits per heavy atom. The molecule has 0 spiro atoms. The number of benzene rings is 1. The van der Waals surface area contributed by atoms with Gasteiger partial charge in [-0.3, -0.25) is 9.59 Å². The highest BCUT2D eigenvalue weighted by Gasteiger charge is 2.43. The number of nitrogens with zero attached hydrogens (tertiary/aromatic N) is 2. The van der Waals surface area contributed by atoms with Gasteiger partial charge in [-0.1, -0.05) is 5.16 Å². The van der Waals surface area contributed by atoms with Crippen LogP contribution in [0, 0.1) is 19.7 Å². The zero-order valence-electron chi connectivity index (χ0n) is 16.1. The van der Waals surface area contributed by atoms with Crippen molar-refractivity contribution in [2.45, 2.75) is 64.1 Å². The van der Waals surface area contributed by atoms with Crippen molar-refractivity contribution in [3.63, 3.8) is 0 Å². The lowest BCUT2D eigenvalue weighted by Crippen LogP contribution is -2.52. The van der Waals surface area contributed by atoms with E-state index in [2.05, 4.69) is 10.5 Å². The molecule has 0 saturated carbocycles. The Labute approximate surface area is 163 Å². The first-order valence-corrected chi connectivity index (χ1v) is 9.71. The third kappa shape index (κ3) is 3.53. The molecular formula is C21H24FN3O3. The molecule has 2 amide bonds. The van der Waals surface area contributed by atoms with Crippen LogP contribution >= 0.6 is 0 Å². The highest BCUT2D eigenvalue weighted by molar-refractivity contribution is 5.94. The monoisotopic (exact) mass is 385 g/mol. The van der Waals surface area contributed by atoms with Crippen molar-refractivity contribution in [3.8, 4) is 0 Å². The molecular weight excluding hydrogens is 361 g/mol. The molecule has 1 aromatic heterocycles. The van der Waals surface area contributed by atoms with E-state index in [1.807, 2.05) is 18.7 Å². The molecule has 2 aliphatic rings. The number of hydrogen-bond donors (Lipinski definition) is 1. The molecule has 1 unspecified atom stereocenters. The average molecular weight is 385 g/mol. The molecule has 2 bridgehead atoms. The lowest BCUT2D eigenvalue weighted by atomic mass is 9.95. The van der Waals surface area contributed by atoms with E-state index in [1.54, 1.807) is 0 Å². The number of halogens is 1. The SMILES string of the molecule is Cc1noc(C)c1CC(=O)N1[C@@H]2CC[C@H]1CC(NC(=O)c1ccc(F)cc1)C2. The molecule has 2 fully saturated rings. The molecule has 148 valence electrons. The third-order valence-electron chi connectivity index (χ3n) is 5.97. The molecule has 1 N–H and O–H groups in total. The van der Waals surface area contributed by atoms with Gasteiger partial charge in [0, 0.05) is 29.3 Å². The van der Waals surface area contributed by atoms with Gasteiger partial charge in [0.1, 0.15) is 11.6 Å². The highest BCUT2D eigenvalue weighted by Crippen LogP contribution is 2.36. The summed E-state index contributed by atoms with van der Waals surface area (Å²) in [5.41, 5.74) is 2.08. The maximum Gasteiger partial charge on any atom is 0.251 e. The van der Waals surface area contributed by atoms with E-state index in [0.717, 1.165) is 36.9 Å². The minimum atomic E-state index is -0.361. The number of carbonyl (C=O) groups excluding carboxylic acids is 2. The van der Waals surface area contributed by atoms with Crippen LogP contribution in [-0.4, -0.2) is 40.0 Å². The van der Waals surface area contributed by atoms with Crippen molar-refractivity contribution in [3.05, 3.63) is 52.7 Å². The van der Waals surface area contributed by atoms with Gasteiger partial charge in [0.15, 0.2) is 0 Å². The largest absolute Gasteiger partial charge is 0.361 e. The fourth-order valence-corrected chi connectivity index (χ4v) is 4.57. The normalized spacial score (nSPS) is 23.7. The van der Waals surface area contributed by atoms with E-state index in [9.17, 15) is 14.0 Å². The first kappa shape index (κ1) is 18.7. The lowest BCUT2D eigenvalue weighted by molar-refractivity contribution is -0.135. The summed E-state index contributed by atoms with van der Waals surface area (Å²) in [6, 6.07) is 5.86. The standard InChI is InChI=1S/C21H24FN3O3/c1-12-19(13(2)28-24-12)11-20(26)25-17-7-8-18(25)10-16(9-17)23-21(27)14-3-5-15(22)6-4-14/h3-6,16-18H,7-11H2,1-2H3,(H,23,27)/t16?,17-,18+. The number of nitrogens with one attached hydrogen (secondary N) is 1. The van der Waals surface area contributed by atoms with E-state index in [0.29, 0.717) is 17.7 Å². The smallest absolute Gasteiger partial charge is 0.251 e. The quantitative estimate of drug-likeness (QED) is 0.878. The summed E-state index contributed by atoms with van der Waals surface area (Å²) >= 11 is 0. The molecule has 7 heteroatoms. The Hall–Kier alpha value is -2.70. The molecule has 3 atom stereocenters. The molecule has 28 heavy (non-hydrogen) atoms. The molecule has 0 aliphatic carbocycles. The van der Waals surface area contributed by atoms with Crippen molar-refractivity contribution >= 4 is 11.8 Å². The van der Waals surface area contributed by atoms with E-state index >= 15 is 0 Å². The predicted molar refractivity (Wildman–Crippen MR) is 100 cm³/mol. The second-order valence-electron chi connectivity index (χ2n) is 7.81. The number of aromatic nitrogens is 1. The van der Waals surface area contributed by atoms with Crippen molar-refractivity contribution in [1.29, 1.82) is 0 Å². The Bertz CT molecular complexity index is 859. The first-order chi connectivity index (χ1) is 13.4. The number of aryl methyl sites for hydroxylation is 2. The number of carbonyl (C=O) groups is 2. The minimum Gasteiger partial charge on any atom is -0.361 e. The number of piperidine rings is 1. The maximum absolute atomic E-state index is 13.0. The van der Waals surface area contributed by atoms with Crippen LogP contribution in [0.15, 0.2) is 28.8 Å². The minimum absolute atomic E-state index is 0.0261. The summed E-state index contributed by atoms with van der Waals surface area (Å²) in [6.45, 7) is 3.68. The van der Waals surface area contributed by atoms with Gasteiger partial charge < -0.3 is 14.7 Å². The van der Waals surface area contributed by atoms with Gasteiger partial charge in [-0.25, -0.2) is 4.39 Å². The van der Waals surface area contributed by atoms with Gasteiger partial charge in [-0.15, -0.1) is 0 Å². The molecule has 4 rings (SSSR count). The molecule has 6 nitrogen and oxygen atoms in total. The zero-order valence-corrected chi connectivity index (χ0v) is 16.1. The molecule has 1 aromatic carbocycles. The van der Waals surface area contributed by atoms with Gasteiger partial charge in [0.2, 0.25) is 5.91 Å². The second-order valence-corrected chi connectivity index (χ2v) is 7.81. The Balaban J connectivity index is 1.39. The number of hydrogen-bond acceptors (Lipinski definition) is 4. The summed E-state index contributed by atoms with van der Waals surface area (Å²) in [5.74, 6) is 0.240. The Morgan fingerprint density at radius 3 is 2.39 bits per heavy atom.